The highest BCUT2D eigenvalue weighted by Gasteiger charge is 2.20. The molecular formula is C20H26ClNO5. The van der Waals surface area contributed by atoms with Crippen LogP contribution in [0.5, 0.6) is 11.5 Å². The lowest BCUT2D eigenvalue weighted by molar-refractivity contribution is -0.144. The van der Waals surface area contributed by atoms with Crippen LogP contribution >= 0.6 is 11.6 Å². The lowest BCUT2D eigenvalue weighted by Gasteiger charge is -2.26. The second-order valence-electron chi connectivity index (χ2n) is 6.70. The first-order valence-electron chi connectivity index (χ1n) is 8.98. The van der Waals surface area contributed by atoms with E-state index in [1.807, 2.05) is 0 Å². The number of esters is 1. The van der Waals surface area contributed by atoms with Gasteiger partial charge in [0.15, 0.2) is 18.1 Å². The first kappa shape index (κ1) is 21.1. The van der Waals surface area contributed by atoms with Gasteiger partial charge in [0.25, 0.3) is 5.91 Å². The molecule has 0 heterocycles. The molecule has 0 spiro atoms. The van der Waals surface area contributed by atoms with Gasteiger partial charge in [-0.3, -0.25) is 4.79 Å². The van der Waals surface area contributed by atoms with Crippen molar-refractivity contribution in [3.05, 3.63) is 28.8 Å². The molecule has 148 valence electrons. The molecule has 0 bridgehead atoms. The van der Waals surface area contributed by atoms with Gasteiger partial charge in [-0.1, -0.05) is 18.5 Å². The minimum atomic E-state index is -0.603. The third kappa shape index (κ3) is 6.47. The Bertz CT molecular complexity index is 696. The van der Waals surface area contributed by atoms with Crippen molar-refractivity contribution in [3.8, 4) is 11.5 Å². The number of benzene rings is 1. The summed E-state index contributed by atoms with van der Waals surface area (Å²) in [5.74, 6) is 0.719. The van der Waals surface area contributed by atoms with E-state index >= 15 is 0 Å². The van der Waals surface area contributed by atoms with Crippen LogP contribution < -0.4 is 14.8 Å². The van der Waals surface area contributed by atoms with Crippen LogP contribution in [0.1, 0.15) is 38.2 Å². The van der Waals surface area contributed by atoms with E-state index in [9.17, 15) is 9.59 Å². The number of hydrogen-bond donors (Lipinski definition) is 1. The molecule has 0 saturated heterocycles. The number of nitrogens with one attached hydrogen (secondary N) is 1. The highest BCUT2D eigenvalue weighted by Crippen LogP contribution is 2.36. The third-order valence-electron chi connectivity index (χ3n) is 4.59. The maximum absolute atomic E-state index is 11.9. The van der Waals surface area contributed by atoms with Gasteiger partial charge < -0.3 is 19.5 Å². The van der Waals surface area contributed by atoms with Crippen LogP contribution in [0.2, 0.25) is 5.02 Å². The van der Waals surface area contributed by atoms with Gasteiger partial charge in [0.05, 0.1) is 19.2 Å². The van der Waals surface area contributed by atoms with E-state index in [1.165, 1.54) is 26.4 Å². The number of hydrogen-bond acceptors (Lipinski definition) is 5. The Hall–Kier alpha value is -2.21. The summed E-state index contributed by atoms with van der Waals surface area (Å²) in [7, 11) is 3.00. The quantitative estimate of drug-likeness (QED) is 0.564. The molecule has 1 aromatic carbocycles. The Morgan fingerprint density at radius 1 is 1.19 bits per heavy atom. The molecular weight excluding hydrogens is 370 g/mol. The number of ether oxygens (including phenoxy) is 3. The summed E-state index contributed by atoms with van der Waals surface area (Å²) in [6, 6.07) is 3.51. The second kappa shape index (κ2) is 10.2. The number of methoxy groups -OCH3 is 2. The third-order valence-corrected chi connectivity index (χ3v) is 4.88. The minimum Gasteiger partial charge on any atom is -0.493 e. The summed E-state index contributed by atoms with van der Waals surface area (Å²) in [5.41, 5.74) is 0.648. The van der Waals surface area contributed by atoms with E-state index in [-0.39, 0.29) is 18.6 Å². The zero-order valence-corrected chi connectivity index (χ0v) is 16.7. The molecule has 1 aliphatic rings. The van der Waals surface area contributed by atoms with E-state index in [4.69, 9.17) is 25.8 Å². The molecule has 0 radical (unpaired) electrons. The van der Waals surface area contributed by atoms with Gasteiger partial charge in [0.2, 0.25) is 0 Å². The maximum atomic E-state index is 11.9. The molecule has 1 saturated carbocycles. The lowest BCUT2D eigenvalue weighted by Crippen LogP contribution is -2.39. The largest absolute Gasteiger partial charge is 0.493 e. The highest BCUT2D eigenvalue weighted by molar-refractivity contribution is 6.32. The molecule has 1 aliphatic carbocycles. The van der Waals surface area contributed by atoms with Gasteiger partial charge >= 0.3 is 5.97 Å². The van der Waals surface area contributed by atoms with Gasteiger partial charge in [-0.05, 0) is 55.4 Å². The molecule has 0 aliphatic heterocycles. The molecule has 6 nitrogen and oxygen atoms in total. The van der Waals surface area contributed by atoms with Crippen molar-refractivity contribution in [2.24, 2.45) is 5.92 Å². The molecule has 0 aromatic heterocycles. The van der Waals surface area contributed by atoms with E-state index in [1.54, 1.807) is 12.1 Å². The average Bonchev–Trinajstić information content (AvgIpc) is 2.66. The summed E-state index contributed by atoms with van der Waals surface area (Å²) in [6.07, 6.45) is 6.95. The Kier molecular flexibility index (Phi) is 7.98. The highest BCUT2D eigenvalue weighted by atomic mass is 35.5. The van der Waals surface area contributed by atoms with Crippen molar-refractivity contribution in [2.45, 2.75) is 38.6 Å². The van der Waals surface area contributed by atoms with E-state index in [0.29, 0.717) is 28.0 Å². The molecule has 1 amide bonds. The van der Waals surface area contributed by atoms with E-state index < -0.39 is 5.97 Å². The fourth-order valence-corrected chi connectivity index (χ4v) is 3.35. The van der Waals surface area contributed by atoms with Gasteiger partial charge in [-0.25, -0.2) is 4.79 Å². The van der Waals surface area contributed by atoms with Gasteiger partial charge in [0.1, 0.15) is 0 Å². The second-order valence-corrected chi connectivity index (χ2v) is 7.11. The summed E-state index contributed by atoms with van der Waals surface area (Å²) in [6.45, 7) is 1.93. The van der Waals surface area contributed by atoms with Crippen molar-refractivity contribution in [2.75, 3.05) is 20.8 Å². The fourth-order valence-electron chi connectivity index (χ4n) is 3.06. The van der Waals surface area contributed by atoms with Crippen molar-refractivity contribution in [1.82, 2.24) is 5.32 Å². The standard InChI is InChI=1S/C20H26ClNO5/c1-13-4-7-15(8-5-13)22-18(23)12-27-19(24)9-6-14-10-16(21)20(26-3)17(11-14)25-2/h6,9-11,13,15H,4-5,7-8,12H2,1-3H3,(H,22,23)/b9-6+. The number of amides is 1. The molecule has 1 fully saturated rings. The van der Waals surface area contributed by atoms with Crippen LogP contribution in [-0.4, -0.2) is 38.7 Å². The van der Waals surface area contributed by atoms with E-state index in [2.05, 4.69) is 12.2 Å². The minimum absolute atomic E-state index is 0.178. The molecule has 0 atom stereocenters. The SMILES string of the molecule is COc1cc(/C=C/C(=O)OCC(=O)NC2CCC(C)CC2)cc(Cl)c1OC. The van der Waals surface area contributed by atoms with Crippen LogP contribution in [0.25, 0.3) is 6.08 Å². The topological polar surface area (TPSA) is 73.9 Å². The number of halogens is 1. The molecule has 0 unspecified atom stereocenters. The van der Waals surface area contributed by atoms with Gasteiger partial charge in [-0.15, -0.1) is 0 Å². The van der Waals surface area contributed by atoms with Crippen LogP contribution in [0.15, 0.2) is 18.2 Å². The normalized spacial score (nSPS) is 19.6. The Morgan fingerprint density at radius 3 is 2.52 bits per heavy atom. The first-order valence-corrected chi connectivity index (χ1v) is 9.36. The molecule has 1 N–H and O–H groups in total. The first-order chi connectivity index (χ1) is 12.9. The Morgan fingerprint density at radius 2 is 1.89 bits per heavy atom. The lowest BCUT2D eigenvalue weighted by atomic mass is 9.87. The summed E-state index contributed by atoms with van der Waals surface area (Å²) < 4.78 is 15.4. The van der Waals surface area contributed by atoms with Crippen molar-refractivity contribution in [3.63, 3.8) is 0 Å². The average molecular weight is 396 g/mol. The van der Waals surface area contributed by atoms with Crippen LogP contribution in [0, 0.1) is 5.92 Å². The number of rotatable bonds is 7. The number of carbonyl (C=O) groups is 2. The van der Waals surface area contributed by atoms with Crippen LogP contribution in [0.3, 0.4) is 0 Å². The monoisotopic (exact) mass is 395 g/mol. The summed E-state index contributed by atoms with van der Waals surface area (Å²) >= 11 is 6.13. The molecule has 7 heteroatoms. The Balaban J connectivity index is 1.83. The molecule has 1 aromatic rings. The predicted octanol–water partition coefficient (Wildman–Crippen LogP) is 3.61. The van der Waals surface area contributed by atoms with Crippen molar-refractivity contribution >= 4 is 29.6 Å². The van der Waals surface area contributed by atoms with Gasteiger partial charge in [0, 0.05) is 12.1 Å². The zero-order chi connectivity index (χ0) is 19.8. The maximum Gasteiger partial charge on any atom is 0.331 e. The smallest absolute Gasteiger partial charge is 0.331 e. The van der Waals surface area contributed by atoms with Crippen LogP contribution in [-0.2, 0) is 14.3 Å². The van der Waals surface area contributed by atoms with Gasteiger partial charge in [-0.2, -0.15) is 0 Å². The Labute approximate surface area is 164 Å². The molecule has 2 rings (SSSR count). The van der Waals surface area contributed by atoms with Crippen molar-refractivity contribution < 1.29 is 23.8 Å². The summed E-state index contributed by atoms with van der Waals surface area (Å²) in [5, 5.41) is 3.28. The zero-order valence-electron chi connectivity index (χ0n) is 15.9. The summed E-state index contributed by atoms with van der Waals surface area (Å²) in [4.78, 5) is 23.8. The predicted molar refractivity (Wildman–Crippen MR) is 104 cm³/mol. The number of carbonyl (C=O) groups excluding carboxylic acids is 2. The fraction of sp³-hybridized carbons (Fsp3) is 0.500. The molecule has 27 heavy (non-hydrogen) atoms. The van der Waals surface area contributed by atoms with Crippen LogP contribution in [0.4, 0.5) is 0 Å². The van der Waals surface area contributed by atoms with E-state index in [0.717, 1.165) is 25.7 Å². The van der Waals surface area contributed by atoms with Crippen molar-refractivity contribution in [1.29, 1.82) is 0 Å².